The van der Waals surface area contributed by atoms with E-state index in [2.05, 4.69) is 27.0 Å². The molecule has 0 radical (unpaired) electrons. The Morgan fingerprint density at radius 1 is 1.17 bits per heavy atom. The molecule has 162 valence electrons. The van der Waals surface area contributed by atoms with Crippen molar-refractivity contribution in [2.45, 2.75) is 50.3 Å². The lowest BCUT2D eigenvalue weighted by Gasteiger charge is -2.40. The summed E-state index contributed by atoms with van der Waals surface area (Å²) < 4.78 is 11.6. The standard InChI is InChI=1S/C22H28N4O3.HI/c1-23-21(25-15-20(27)24-14-16-7-6-12-28-16)26-18-13-22(10-4-5-11-22)29-19-9-3-2-8-17(18)19;/h2-3,6-9,12,18H,4-5,10-11,13-15H2,1H3,(H,24,27)(H2,23,25,26);1H. The van der Waals surface area contributed by atoms with Gasteiger partial charge in [-0.2, -0.15) is 0 Å². The number of carbonyl (C=O) groups is 1. The second-order valence-electron chi connectivity index (χ2n) is 7.71. The minimum atomic E-state index is -0.121. The Morgan fingerprint density at radius 2 is 1.97 bits per heavy atom. The fourth-order valence-electron chi connectivity index (χ4n) is 4.26. The number of hydrogen-bond donors (Lipinski definition) is 3. The number of furan rings is 1. The molecule has 0 saturated heterocycles. The molecule has 1 unspecified atom stereocenters. The monoisotopic (exact) mass is 524 g/mol. The quantitative estimate of drug-likeness (QED) is 0.317. The van der Waals surface area contributed by atoms with Crippen molar-refractivity contribution >= 4 is 35.8 Å². The Bertz CT molecular complexity index is 863. The van der Waals surface area contributed by atoms with Crippen molar-refractivity contribution in [3.8, 4) is 5.75 Å². The van der Waals surface area contributed by atoms with Crippen LogP contribution in [0.5, 0.6) is 5.75 Å². The molecule has 1 aliphatic carbocycles. The van der Waals surface area contributed by atoms with E-state index >= 15 is 0 Å². The van der Waals surface area contributed by atoms with E-state index < -0.39 is 0 Å². The summed E-state index contributed by atoms with van der Waals surface area (Å²) in [6.45, 7) is 0.506. The number of carbonyl (C=O) groups excluding carboxylic acids is 1. The fraction of sp³-hybridized carbons (Fsp3) is 0.455. The number of amides is 1. The number of hydrogen-bond acceptors (Lipinski definition) is 4. The van der Waals surface area contributed by atoms with Crippen LogP contribution in [0.1, 0.15) is 49.5 Å². The maximum atomic E-state index is 12.1. The van der Waals surface area contributed by atoms with Crippen molar-refractivity contribution in [3.05, 3.63) is 54.0 Å². The van der Waals surface area contributed by atoms with E-state index in [1.165, 1.54) is 12.8 Å². The highest BCUT2D eigenvalue weighted by Gasteiger charge is 2.43. The third-order valence-electron chi connectivity index (χ3n) is 5.70. The molecule has 2 aromatic rings. The molecule has 1 aromatic heterocycles. The van der Waals surface area contributed by atoms with Crippen LogP contribution in [0.4, 0.5) is 0 Å². The van der Waals surface area contributed by atoms with Crippen LogP contribution in [0.3, 0.4) is 0 Å². The van der Waals surface area contributed by atoms with Gasteiger partial charge >= 0.3 is 0 Å². The molecular formula is C22H29IN4O3. The van der Waals surface area contributed by atoms with Gasteiger partial charge in [0, 0.05) is 19.0 Å². The summed E-state index contributed by atoms with van der Waals surface area (Å²) in [4.78, 5) is 16.4. The van der Waals surface area contributed by atoms with Crippen LogP contribution >= 0.6 is 24.0 Å². The zero-order valence-electron chi connectivity index (χ0n) is 17.1. The summed E-state index contributed by atoms with van der Waals surface area (Å²) in [5.41, 5.74) is 1.04. The van der Waals surface area contributed by atoms with E-state index in [1.54, 1.807) is 19.4 Å². The van der Waals surface area contributed by atoms with E-state index in [0.717, 1.165) is 36.3 Å². The third kappa shape index (κ3) is 5.27. The average molecular weight is 524 g/mol. The van der Waals surface area contributed by atoms with Crippen LogP contribution < -0.4 is 20.7 Å². The Morgan fingerprint density at radius 3 is 2.70 bits per heavy atom. The first-order chi connectivity index (χ1) is 14.2. The Kier molecular flexibility index (Phi) is 7.63. The molecule has 2 aliphatic rings. The normalized spacial score (nSPS) is 19.4. The van der Waals surface area contributed by atoms with Gasteiger partial charge in [-0.15, -0.1) is 24.0 Å². The molecule has 1 fully saturated rings. The molecule has 3 N–H and O–H groups in total. The SMILES string of the molecule is CN=C(NCC(=O)NCc1ccco1)NC1CC2(CCCC2)Oc2ccccc21.I. The highest BCUT2D eigenvalue weighted by atomic mass is 127. The molecule has 2 heterocycles. The van der Waals surface area contributed by atoms with Gasteiger partial charge in [0.2, 0.25) is 5.91 Å². The minimum absolute atomic E-state index is 0. The molecule has 1 spiro atoms. The summed E-state index contributed by atoms with van der Waals surface area (Å²) in [5, 5.41) is 9.44. The van der Waals surface area contributed by atoms with Crippen molar-refractivity contribution < 1.29 is 13.9 Å². The van der Waals surface area contributed by atoms with E-state index in [-0.39, 0.29) is 48.1 Å². The lowest BCUT2D eigenvalue weighted by Crippen LogP contribution is -2.48. The topological polar surface area (TPSA) is 87.9 Å². The van der Waals surface area contributed by atoms with Crippen molar-refractivity contribution in [1.82, 2.24) is 16.0 Å². The van der Waals surface area contributed by atoms with Gasteiger partial charge in [0.05, 0.1) is 25.4 Å². The molecular weight excluding hydrogens is 495 g/mol. The lowest BCUT2D eigenvalue weighted by atomic mass is 9.86. The van der Waals surface area contributed by atoms with Crippen LogP contribution in [0, 0.1) is 0 Å². The number of ether oxygens (including phenoxy) is 1. The number of para-hydroxylation sites is 1. The van der Waals surface area contributed by atoms with Gasteiger partial charge in [0.25, 0.3) is 0 Å². The number of halogens is 1. The largest absolute Gasteiger partial charge is 0.487 e. The molecule has 4 rings (SSSR count). The number of guanidine groups is 1. The number of benzene rings is 1. The molecule has 1 amide bonds. The summed E-state index contributed by atoms with van der Waals surface area (Å²) in [7, 11) is 1.71. The number of fused-ring (bicyclic) bond motifs is 1. The van der Waals surface area contributed by atoms with Crippen LogP contribution in [-0.2, 0) is 11.3 Å². The summed E-state index contributed by atoms with van der Waals surface area (Å²) in [5.74, 6) is 2.16. The first-order valence-corrected chi connectivity index (χ1v) is 10.2. The number of nitrogens with zero attached hydrogens (tertiary/aromatic N) is 1. The zero-order valence-corrected chi connectivity index (χ0v) is 19.5. The summed E-state index contributed by atoms with van der Waals surface area (Å²) in [6, 6.07) is 11.9. The summed E-state index contributed by atoms with van der Waals surface area (Å²) in [6.07, 6.45) is 7.07. The van der Waals surface area contributed by atoms with E-state index in [0.29, 0.717) is 12.5 Å². The molecule has 0 bridgehead atoms. The highest BCUT2D eigenvalue weighted by molar-refractivity contribution is 14.0. The van der Waals surface area contributed by atoms with Crippen molar-refractivity contribution in [1.29, 1.82) is 0 Å². The Hall–Kier alpha value is -2.23. The molecule has 1 aliphatic heterocycles. The van der Waals surface area contributed by atoms with Crippen molar-refractivity contribution in [3.63, 3.8) is 0 Å². The first kappa shape index (κ1) is 22.5. The second kappa shape index (κ2) is 10.2. The molecule has 30 heavy (non-hydrogen) atoms. The average Bonchev–Trinajstić information content (AvgIpc) is 3.41. The zero-order chi connectivity index (χ0) is 20.1. The fourth-order valence-corrected chi connectivity index (χ4v) is 4.26. The van der Waals surface area contributed by atoms with Crippen LogP contribution in [0.25, 0.3) is 0 Å². The Labute approximate surface area is 194 Å². The third-order valence-corrected chi connectivity index (χ3v) is 5.70. The van der Waals surface area contributed by atoms with Gasteiger partial charge in [-0.1, -0.05) is 18.2 Å². The first-order valence-electron chi connectivity index (χ1n) is 10.2. The minimum Gasteiger partial charge on any atom is -0.487 e. The second-order valence-corrected chi connectivity index (χ2v) is 7.71. The van der Waals surface area contributed by atoms with Gasteiger partial charge in [-0.05, 0) is 43.9 Å². The molecule has 7 nitrogen and oxygen atoms in total. The number of aliphatic imine (C=N–C) groups is 1. The molecule has 1 saturated carbocycles. The van der Waals surface area contributed by atoms with E-state index in [4.69, 9.17) is 9.15 Å². The predicted octanol–water partition coefficient (Wildman–Crippen LogP) is 3.52. The molecule has 8 heteroatoms. The maximum absolute atomic E-state index is 12.1. The maximum Gasteiger partial charge on any atom is 0.239 e. The van der Waals surface area contributed by atoms with Gasteiger partial charge in [-0.3, -0.25) is 9.79 Å². The van der Waals surface area contributed by atoms with Crippen molar-refractivity contribution in [2.75, 3.05) is 13.6 Å². The highest BCUT2D eigenvalue weighted by Crippen LogP contribution is 2.46. The van der Waals surface area contributed by atoms with Crippen LogP contribution in [0.2, 0.25) is 0 Å². The smallest absolute Gasteiger partial charge is 0.239 e. The van der Waals surface area contributed by atoms with Gasteiger partial charge < -0.3 is 25.1 Å². The van der Waals surface area contributed by atoms with E-state index in [1.807, 2.05) is 24.3 Å². The van der Waals surface area contributed by atoms with Crippen LogP contribution in [-0.4, -0.2) is 31.1 Å². The van der Waals surface area contributed by atoms with Crippen molar-refractivity contribution in [2.24, 2.45) is 4.99 Å². The Balaban J connectivity index is 0.00000256. The number of nitrogens with one attached hydrogen (secondary N) is 3. The predicted molar refractivity (Wildman–Crippen MR) is 126 cm³/mol. The van der Waals surface area contributed by atoms with Gasteiger partial charge in [-0.25, -0.2) is 0 Å². The number of rotatable bonds is 5. The molecule has 1 aromatic carbocycles. The lowest BCUT2D eigenvalue weighted by molar-refractivity contribution is -0.120. The van der Waals surface area contributed by atoms with Gasteiger partial charge in [0.1, 0.15) is 17.1 Å². The van der Waals surface area contributed by atoms with Gasteiger partial charge in [0.15, 0.2) is 5.96 Å². The summed E-state index contributed by atoms with van der Waals surface area (Å²) >= 11 is 0. The van der Waals surface area contributed by atoms with E-state index in [9.17, 15) is 4.79 Å². The molecule has 1 atom stereocenters. The van der Waals surface area contributed by atoms with Crippen LogP contribution in [0.15, 0.2) is 52.1 Å².